The van der Waals surface area contributed by atoms with E-state index in [1.807, 2.05) is 0 Å². The smallest absolute Gasteiger partial charge is 0.191 e. The van der Waals surface area contributed by atoms with Gasteiger partial charge in [0.25, 0.3) is 0 Å². The third-order valence-electron chi connectivity index (χ3n) is 5.48. The summed E-state index contributed by atoms with van der Waals surface area (Å²) in [5.41, 5.74) is 2.89. The number of hydrogen-bond donors (Lipinski definition) is 2. The van der Waals surface area contributed by atoms with Crippen LogP contribution in [-0.2, 0) is 6.42 Å². The summed E-state index contributed by atoms with van der Waals surface area (Å²) in [6, 6.07) is 12.6. The van der Waals surface area contributed by atoms with Gasteiger partial charge in [-0.05, 0) is 36.1 Å². The van der Waals surface area contributed by atoms with Crippen LogP contribution in [0, 0.1) is 11.6 Å². The van der Waals surface area contributed by atoms with Gasteiger partial charge in [-0.15, -0.1) is 24.0 Å². The number of fused-ring (bicyclic) bond motifs is 1. The molecular formula is C21H25F2IN4. The maximum absolute atomic E-state index is 14.0. The minimum absolute atomic E-state index is 0. The van der Waals surface area contributed by atoms with E-state index >= 15 is 0 Å². The Kier molecular flexibility index (Phi) is 6.74. The van der Waals surface area contributed by atoms with E-state index in [2.05, 4.69) is 39.9 Å². The first-order valence-corrected chi connectivity index (χ1v) is 9.39. The highest BCUT2D eigenvalue weighted by molar-refractivity contribution is 14.0. The highest BCUT2D eigenvalue weighted by atomic mass is 127. The van der Waals surface area contributed by atoms with Gasteiger partial charge < -0.3 is 15.5 Å². The molecule has 0 amide bonds. The van der Waals surface area contributed by atoms with Gasteiger partial charge in [-0.2, -0.15) is 0 Å². The van der Waals surface area contributed by atoms with Crippen molar-refractivity contribution in [2.24, 2.45) is 4.99 Å². The van der Waals surface area contributed by atoms with Gasteiger partial charge in [-0.3, -0.25) is 4.99 Å². The van der Waals surface area contributed by atoms with Crippen molar-refractivity contribution in [3.63, 3.8) is 0 Å². The van der Waals surface area contributed by atoms with Gasteiger partial charge in [0, 0.05) is 38.6 Å². The Morgan fingerprint density at radius 1 is 1.14 bits per heavy atom. The molecule has 1 aliphatic heterocycles. The molecule has 1 heterocycles. The predicted molar refractivity (Wildman–Crippen MR) is 120 cm³/mol. The second kappa shape index (κ2) is 9.07. The SMILES string of the molecule is CN=C(NCC1Cc2ccccc21)NC1CCN(c2c(F)cccc2F)C1.I. The van der Waals surface area contributed by atoms with Gasteiger partial charge in [-0.25, -0.2) is 8.78 Å². The van der Waals surface area contributed by atoms with Crippen molar-refractivity contribution in [2.45, 2.75) is 24.8 Å². The molecule has 1 saturated heterocycles. The van der Waals surface area contributed by atoms with Crippen LogP contribution < -0.4 is 15.5 Å². The average molecular weight is 498 g/mol. The molecule has 0 aromatic heterocycles. The summed E-state index contributed by atoms with van der Waals surface area (Å²) in [6.07, 6.45) is 1.89. The van der Waals surface area contributed by atoms with Crippen molar-refractivity contribution >= 4 is 35.6 Å². The molecule has 2 N–H and O–H groups in total. The molecule has 1 aliphatic carbocycles. The van der Waals surface area contributed by atoms with Crippen molar-refractivity contribution in [2.75, 3.05) is 31.6 Å². The molecule has 4 nitrogen and oxygen atoms in total. The molecule has 7 heteroatoms. The van der Waals surface area contributed by atoms with E-state index in [4.69, 9.17) is 0 Å². The minimum atomic E-state index is -0.512. The zero-order valence-electron chi connectivity index (χ0n) is 15.8. The summed E-state index contributed by atoms with van der Waals surface area (Å²) < 4.78 is 28.0. The van der Waals surface area contributed by atoms with Crippen molar-refractivity contribution in [1.29, 1.82) is 0 Å². The quantitative estimate of drug-likeness (QED) is 0.384. The van der Waals surface area contributed by atoms with Crippen LogP contribution in [0.25, 0.3) is 0 Å². The van der Waals surface area contributed by atoms with E-state index in [1.165, 1.54) is 29.3 Å². The molecule has 28 heavy (non-hydrogen) atoms. The fourth-order valence-electron chi connectivity index (χ4n) is 4.02. The molecule has 2 atom stereocenters. The van der Waals surface area contributed by atoms with E-state index in [1.54, 1.807) is 11.9 Å². The standard InChI is InChI=1S/C21H24F2N4.HI/c1-24-21(25-12-15-11-14-5-2-3-6-17(14)15)26-16-9-10-27(13-16)20-18(22)7-4-8-19(20)23;/h2-8,15-16H,9-13H2,1H3,(H2,24,25,26);1H. The molecule has 150 valence electrons. The topological polar surface area (TPSA) is 39.7 Å². The Hall–Kier alpha value is -1.90. The second-order valence-corrected chi connectivity index (χ2v) is 7.20. The molecule has 2 aliphatic rings. The third kappa shape index (κ3) is 4.24. The van der Waals surface area contributed by atoms with Crippen LogP contribution in [0.1, 0.15) is 23.5 Å². The first-order valence-electron chi connectivity index (χ1n) is 9.39. The van der Waals surface area contributed by atoms with E-state index in [0.717, 1.165) is 25.3 Å². The lowest BCUT2D eigenvalue weighted by Gasteiger charge is -2.31. The first kappa shape index (κ1) is 20.8. The molecule has 1 fully saturated rings. The largest absolute Gasteiger partial charge is 0.365 e. The predicted octanol–water partition coefficient (Wildman–Crippen LogP) is 3.67. The van der Waals surface area contributed by atoms with Crippen molar-refractivity contribution in [3.8, 4) is 0 Å². The van der Waals surface area contributed by atoms with Crippen molar-refractivity contribution in [1.82, 2.24) is 10.6 Å². The number of benzene rings is 2. The fraction of sp³-hybridized carbons (Fsp3) is 0.381. The Balaban J connectivity index is 0.00000225. The average Bonchev–Trinajstić information content (AvgIpc) is 3.09. The van der Waals surface area contributed by atoms with Gasteiger partial charge in [0.1, 0.15) is 17.3 Å². The lowest BCUT2D eigenvalue weighted by Crippen LogP contribution is -2.46. The number of nitrogens with zero attached hydrogens (tertiary/aromatic N) is 2. The van der Waals surface area contributed by atoms with Crippen LogP contribution in [0.3, 0.4) is 0 Å². The maximum atomic E-state index is 14.0. The number of anilines is 1. The lowest BCUT2D eigenvalue weighted by molar-refractivity contribution is 0.570. The summed E-state index contributed by atoms with van der Waals surface area (Å²) in [7, 11) is 1.74. The molecule has 0 saturated carbocycles. The summed E-state index contributed by atoms with van der Waals surface area (Å²) in [4.78, 5) is 6.06. The monoisotopic (exact) mass is 498 g/mol. The van der Waals surface area contributed by atoms with Gasteiger partial charge in [0.15, 0.2) is 5.96 Å². The summed E-state index contributed by atoms with van der Waals surface area (Å²) in [5.74, 6) is 0.219. The Bertz CT molecular complexity index is 838. The number of nitrogens with one attached hydrogen (secondary N) is 2. The molecule has 0 bridgehead atoms. The number of para-hydroxylation sites is 1. The Morgan fingerprint density at radius 2 is 1.89 bits per heavy atom. The second-order valence-electron chi connectivity index (χ2n) is 7.20. The van der Waals surface area contributed by atoms with E-state index in [0.29, 0.717) is 19.0 Å². The Labute approximate surface area is 181 Å². The number of aliphatic imine (C=N–C) groups is 1. The fourth-order valence-corrected chi connectivity index (χ4v) is 4.02. The van der Waals surface area contributed by atoms with E-state index in [9.17, 15) is 8.78 Å². The zero-order chi connectivity index (χ0) is 18.8. The molecule has 2 unspecified atom stereocenters. The van der Waals surface area contributed by atoms with Crippen LogP contribution in [0.5, 0.6) is 0 Å². The van der Waals surface area contributed by atoms with Crippen LogP contribution in [0.4, 0.5) is 14.5 Å². The molecule has 0 radical (unpaired) electrons. The molecule has 4 rings (SSSR count). The van der Waals surface area contributed by atoms with Gasteiger partial charge in [0.05, 0.1) is 0 Å². The highest BCUT2D eigenvalue weighted by Crippen LogP contribution is 2.34. The number of hydrogen-bond acceptors (Lipinski definition) is 2. The summed E-state index contributed by atoms with van der Waals surface area (Å²) in [6.45, 7) is 1.99. The minimum Gasteiger partial charge on any atom is -0.365 e. The number of halogens is 3. The molecule has 0 spiro atoms. The van der Waals surface area contributed by atoms with Gasteiger partial charge >= 0.3 is 0 Å². The van der Waals surface area contributed by atoms with Crippen LogP contribution in [0.15, 0.2) is 47.5 Å². The van der Waals surface area contributed by atoms with E-state index in [-0.39, 0.29) is 35.7 Å². The number of rotatable bonds is 4. The van der Waals surface area contributed by atoms with Gasteiger partial charge in [0.2, 0.25) is 0 Å². The van der Waals surface area contributed by atoms with Crippen LogP contribution >= 0.6 is 24.0 Å². The van der Waals surface area contributed by atoms with E-state index < -0.39 is 11.6 Å². The molecular weight excluding hydrogens is 473 g/mol. The van der Waals surface area contributed by atoms with Crippen LogP contribution in [-0.4, -0.2) is 38.7 Å². The first-order chi connectivity index (χ1) is 13.2. The lowest BCUT2D eigenvalue weighted by atomic mass is 9.78. The summed E-state index contributed by atoms with van der Waals surface area (Å²) in [5, 5.41) is 6.77. The Morgan fingerprint density at radius 3 is 2.61 bits per heavy atom. The maximum Gasteiger partial charge on any atom is 0.191 e. The van der Waals surface area contributed by atoms with Crippen molar-refractivity contribution in [3.05, 3.63) is 65.2 Å². The third-order valence-corrected chi connectivity index (χ3v) is 5.48. The van der Waals surface area contributed by atoms with Crippen molar-refractivity contribution < 1.29 is 8.78 Å². The van der Waals surface area contributed by atoms with Crippen LogP contribution in [0.2, 0.25) is 0 Å². The normalized spacial score (nSPS) is 20.8. The highest BCUT2D eigenvalue weighted by Gasteiger charge is 2.28. The molecule has 2 aromatic carbocycles. The summed E-state index contributed by atoms with van der Waals surface area (Å²) >= 11 is 0. The zero-order valence-corrected chi connectivity index (χ0v) is 18.1. The number of guanidine groups is 1. The van der Waals surface area contributed by atoms with Gasteiger partial charge in [-0.1, -0.05) is 30.3 Å². The molecule has 2 aromatic rings.